The van der Waals surface area contributed by atoms with Gasteiger partial charge in [0.2, 0.25) is 0 Å². The molecule has 1 aromatic heterocycles. The van der Waals surface area contributed by atoms with Gasteiger partial charge in [0.15, 0.2) is 0 Å². The topological polar surface area (TPSA) is 59.4 Å². The van der Waals surface area contributed by atoms with Crippen molar-refractivity contribution in [1.29, 1.82) is 0 Å². The van der Waals surface area contributed by atoms with Crippen LogP contribution in [0.1, 0.15) is 54.6 Å². The van der Waals surface area contributed by atoms with E-state index in [1.54, 1.807) is 7.11 Å². The van der Waals surface area contributed by atoms with E-state index in [1.807, 2.05) is 40.9 Å². The number of fused-ring (bicyclic) bond motifs is 1. The van der Waals surface area contributed by atoms with Crippen LogP contribution < -0.4 is 10.1 Å². The summed E-state index contributed by atoms with van der Waals surface area (Å²) in [5, 5.41) is 7.86. The van der Waals surface area contributed by atoms with Crippen molar-refractivity contribution in [3.8, 4) is 5.75 Å². The smallest absolute Gasteiger partial charge is 0.318 e. The zero-order valence-corrected chi connectivity index (χ0v) is 16.9. The lowest BCUT2D eigenvalue weighted by Gasteiger charge is -2.29. The maximum Gasteiger partial charge on any atom is 0.318 e. The number of hydrogen-bond donors (Lipinski definition) is 1. The fourth-order valence-corrected chi connectivity index (χ4v) is 4.59. The van der Waals surface area contributed by atoms with E-state index in [9.17, 15) is 4.79 Å². The van der Waals surface area contributed by atoms with E-state index in [-0.39, 0.29) is 6.03 Å². The number of benzene rings is 1. The summed E-state index contributed by atoms with van der Waals surface area (Å²) >= 11 is 0. The number of methoxy groups -OCH3 is 1. The minimum absolute atomic E-state index is 0.0140. The fourth-order valence-electron chi connectivity index (χ4n) is 4.59. The molecule has 0 aliphatic heterocycles. The van der Waals surface area contributed by atoms with Crippen molar-refractivity contribution >= 4 is 6.03 Å². The number of ether oxygens (including phenoxy) is 1. The number of nitrogens with one attached hydrogen (secondary N) is 1. The highest BCUT2D eigenvalue weighted by atomic mass is 16.5. The first-order valence-corrected chi connectivity index (χ1v) is 10.4. The van der Waals surface area contributed by atoms with Crippen LogP contribution in [0.15, 0.2) is 24.3 Å². The van der Waals surface area contributed by atoms with Gasteiger partial charge in [-0.2, -0.15) is 5.10 Å². The molecule has 4 rings (SSSR count). The predicted molar refractivity (Wildman–Crippen MR) is 108 cm³/mol. The van der Waals surface area contributed by atoms with Gasteiger partial charge in [0, 0.05) is 25.3 Å². The molecule has 2 aliphatic carbocycles. The average Bonchev–Trinajstić information content (AvgIpc) is 3.45. The summed E-state index contributed by atoms with van der Waals surface area (Å²) in [6, 6.07) is 8.16. The summed E-state index contributed by atoms with van der Waals surface area (Å²) < 4.78 is 7.21. The second kappa shape index (κ2) is 8.25. The summed E-state index contributed by atoms with van der Waals surface area (Å²) in [4.78, 5) is 15.1. The van der Waals surface area contributed by atoms with Crippen LogP contribution in [0.4, 0.5) is 4.79 Å². The molecule has 0 spiro atoms. The monoisotopic (exact) mass is 382 g/mol. The molecule has 0 saturated heterocycles. The Hall–Kier alpha value is -2.50. The van der Waals surface area contributed by atoms with Gasteiger partial charge in [-0.05, 0) is 55.4 Å². The lowest BCUT2D eigenvalue weighted by Crippen LogP contribution is -2.44. The molecule has 2 amide bonds. The molecule has 6 nitrogen and oxygen atoms in total. The molecule has 6 heteroatoms. The molecule has 0 atom stereocenters. The Kier molecular flexibility index (Phi) is 5.55. The molecular formula is C22H30N4O2. The SMILES string of the molecule is COc1ccc(CNC(=O)N(Cc2nn(C)c3c2CCC3)C2CCCC2)cc1. The molecule has 0 radical (unpaired) electrons. The minimum Gasteiger partial charge on any atom is -0.497 e. The highest BCUT2D eigenvalue weighted by Gasteiger charge is 2.30. The van der Waals surface area contributed by atoms with Gasteiger partial charge >= 0.3 is 6.03 Å². The van der Waals surface area contributed by atoms with Gasteiger partial charge in [-0.15, -0.1) is 0 Å². The standard InChI is InChI=1S/C22H30N4O2/c1-25-21-9-5-8-19(21)20(24-25)15-26(17-6-3-4-7-17)22(27)23-14-16-10-12-18(28-2)13-11-16/h10-13,17H,3-9,14-15H2,1-2H3,(H,23,27). The van der Waals surface area contributed by atoms with Crippen LogP contribution in [0.2, 0.25) is 0 Å². The number of aromatic nitrogens is 2. The van der Waals surface area contributed by atoms with Crippen molar-refractivity contribution in [2.75, 3.05) is 7.11 Å². The molecule has 2 aliphatic rings. The summed E-state index contributed by atoms with van der Waals surface area (Å²) in [7, 11) is 3.68. The van der Waals surface area contributed by atoms with Crippen molar-refractivity contribution in [1.82, 2.24) is 20.0 Å². The lowest BCUT2D eigenvalue weighted by atomic mass is 10.1. The molecule has 0 bridgehead atoms. The number of carbonyl (C=O) groups excluding carboxylic acids is 1. The third kappa shape index (κ3) is 3.86. The highest BCUT2D eigenvalue weighted by Crippen LogP contribution is 2.29. The normalized spacial score (nSPS) is 16.2. The lowest BCUT2D eigenvalue weighted by molar-refractivity contribution is 0.169. The molecule has 1 saturated carbocycles. The first-order valence-electron chi connectivity index (χ1n) is 10.4. The molecule has 150 valence electrons. The largest absolute Gasteiger partial charge is 0.497 e. The number of rotatable bonds is 6. The van der Waals surface area contributed by atoms with Gasteiger partial charge in [0.05, 0.1) is 19.3 Å². The van der Waals surface area contributed by atoms with Crippen molar-refractivity contribution < 1.29 is 9.53 Å². The summed E-state index contributed by atoms with van der Waals surface area (Å²) in [5.74, 6) is 0.826. The second-order valence-corrected chi connectivity index (χ2v) is 7.92. The summed E-state index contributed by atoms with van der Waals surface area (Å²) in [5.41, 5.74) is 4.87. The Bertz CT molecular complexity index is 822. The Balaban J connectivity index is 1.46. The number of nitrogens with zero attached hydrogens (tertiary/aromatic N) is 3. The van der Waals surface area contributed by atoms with Crippen LogP contribution >= 0.6 is 0 Å². The molecule has 1 fully saturated rings. The number of urea groups is 1. The quantitative estimate of drug-likeness (QED) is 0.831. The number of hydrogen-bond acceptors (Lipinski definition) is 3. The molecule has 28 heavy (non-hydrogen) atoms. The molecule has 2 aromatic rings. The number of carbonyl (C=O) groups is 1. The zero-order chi connectivity index (χ0) is 19.5. The Morgan fingerprint density at radius 3 is 2.68 bits per heavy atom. The van der Waals surface area contributed by atoms with Crippen LogP contribution in [0.3, 0.4) is 0 Å². The van der Waals surface area contributed by atoms with E-state index in [1.165, 1.54) is 30.5 Å². The highest BCUT2D eigenvalue weighted by molar-refractivity contribution is 5.74. The fraction of sp³-hybridized carbons (Fsp3) is 0.545. The maximum atomic E-state index is 13.1. The van der Waals surface area contributed by atoms with E-state index in [0.717, 1.165) is 42.7 Å². The van der Waals surface area contributed by atoms with Gasteiger partial charge in [-0.25, -0.2) is 4.79 Å². The third-order valence-electron chi connectivity index (χ3n) is 6.15. The van der Waals surface area contributed by atoms with Crippen LogP contribution in [-0.2, 0) is 33.0 Å². The third-order valence-corrected chi connectivity index (χ3v) is 6.15. The van der Waals surface area contributed by atoms with Gasteiger partial charge in [0.1, 0.15) is 5.75 Å². The van der Waals surface area contributed by atoms with E-state index in [0.29, 0.717) is 19.1 Å². The molecule has 0 unspecified atom stereocenters. The summed E-state index contributed by atoms with van der Waals surface area (Å²) in [6.07, 6.45) is 7.97. The molecule has 1 aromatic carbocycles. The molecule has 1 N–H and O–H groups in total. The average molecular weight is 383 g/mol. The van der Waals surface area contributed by atoms with E-state index >= 15 is 0 Å². The van der Waals surface area contributed by atoms with Gasteiger partial charge in [0.25, 0.3) is 0 Å². The maximum absolute atomic E-state index is 13.1. The molecule has 1 heterocycles. The first kappa shape index (κ1) is 18.8. The zero-order valence-electron chi connectivity index (χ0n) is 16.9. The number of aryl methyl sites for hydroxylation is 1. The molecular weight excluding hydrogens is 352 g/mol. The van der Waals surface area contributed by atoms with Gasteiger partial charge < -0.3 is 15.0 Å². The van der Waals surface area contributed by atoms with Crippen molar-refractivity contribution in [2.24, 2.45) is 7.05 Å². The van der Waals surface area contributed by atoms with E-state index < -0.39 is 0 Å². The first-order chi connectivity index (χ1) is 13.7. The Labute approximate surface area is 166 Å². The summed E-state index contributed by atoms with van der Waals surface area (Å²) in [6.45, 7) is 1.13. The minimum atomic E-state index is 0.0140. The van der Waals surface area contributed by atoms with Gasteiger partial charge in [-0.3, -0.25) is 4.68 Å². The van der Waals surface area contributed by atoms with Crippen LogP contribution in [-0.4, -0.2) is 33.9 Å². The van der Waals surface area contributed by atoms with E-state index in [2.05, 4.69) is 5.32 Å². The number of amides is 2. The van der Waals surface area contributed by atoms with E-state index in [4.69, 9.17) is 9.84 Å². The van der Waals surface area contributed by atoms with Crippen LogP contribution in [0.25, 0.3) is 0 Å². The van der Waals surface area contributed by atoms with Gasteiger partial charge in [-0.1, -0.05) is 25.0 Å². The second-order valence-electron chi connectivity index (χ2n) is 7.92. The van der Waals surface area contributed by atoms with Crippen LogP contribution in [0, 0.1) is 0 Å². The predicted octanol–water partition coefficient (Wildman–Crippen LogP) is 3.57. The van der Waals surface area contributed by atoms with Crippen molar-refractivity contribution in [3.05, 3.63) is 46.8 Å². The van der Waals surface area contributed by atoms with Crippen molar-refractivity contribution in [3.63, 3.8) is 0 Å². The Morgan fingerprint density at radius 1 is 1.21 bits per heavy atom. The van der Waals surface area contributed by atoms with Crippen molar-refractivity contribution in [2.45, 2.75) is 64.1 Å². The van der Waals surface area contributed by atoms with Crippen LogP contribution in [0.5, 0.6) is 5.75 Å². The Morgan fingerprint density at radius 2 is 1.96 bits per heavy atom.